The van der Waals surface area contributed by atoms with Crippen LogP contribution in [0.5, 0.6) is 5.75 Å². The Morgan fingerprint density at radius 3 is 2.67 bits per heavy atom. The minimum absolute atomic E-state index is 0.0380. The summed E-state index contributed by atoms with van der Waals surface area (Å²) in [6.07, 6.45) is 0. The van der Waals surface area contributed by atoms with Crippen molar-refractivity contribution in [3.8, 4) is 5.75 Å². The fourth-order valence-electron chi connectivity index (χ4n) is 2.72. The number of carbonyl (C=O) groups is 3. The van der Waals surface area contributed by atoms with Gasteiger partial charge in [-0.05, 0) is 42.5 Å². The van der Waals surface area contributed by atoms with Crippen LogP contribution in [0.4, 0.5) is 5.69 Å². The molecule has 0 atom stereocenters. The van der Waals surface area contributed by atoms with E-state index >= 15 is 0 Å². The van der Waals surface area contributed by atoms with E-state index in [1.165, 1.54) is 17.8 Å². The Hall–Kier alpha value is -3.72. The molecule has 0 unspecified atom stereocenters. The van der Waals surface area contributed by atoms with Crippen molar-refractivity contribution in [3.63, 3.8) is 0 Å². The number of benzene rings is 2. The van der Waals surface area contributed by atoms with E-state index in [0.29, 0.717) is 28.5 Å². The average molecular weight is 423 g/mol. The number of rotatable bonds is 5. The predicted octanol–water partition coefficient (Wildman–Crippen LogP) is 2.98. The molecule has 3 aromatic rings. The number of anilines is 1. The molecule has 0 saturated heterocycles. The Kier molecular flexibility index (Phi) is 5.71. The van der Waals surface area contributed by atoms with Crippen LogP contribution in [0.25, 0.3) is 0 Å². The van der Waals surface area contributed by atoms with E-state index in [-0.39, 0.29) is 18.3 Å². The third-order valence-electron chi connectivity index (χ3n) is 4.17. The first-order valence-corrected chi connectivity index (χ1v) is 10.0. The summed E-state index contributed by atoms with van der Waals surface area (Å²) in [6, 6.07) is 17.3. The van der Waals surface area contributed by atoms with Gasteiger partial charge in [-0.3, -0.25) is 25.2 Å². The highest BCUT2D eigenvalue weighted by Crippen LogP contribution is 2.31. The number of amides is 3. The molecule has 2 aromatic carbocycles. The van der Waals surface area contributed by atoms with Crippen LogP contribution in [-0.2, 0) is 11.4 Å². The molecule has 0 spiro atoms. The summed E-state index contributed by atoms with van der Waals surface area (Å²) < 4.78 is 11.0. The molecule has 0 radical (unpaired) electrons. The maximum atomic E-state index is 12.3. The molecular weight excluding hydrogens is 406 g/mol. The number of thioether (sulfide) groups is 1. The molecule has 1 aliphatic heterocycles. The first-order valence-electron chi connectivity index (χ1n) is 9.02. The number of hydrazine groups is 1. The lowest BCUT2D eigenvalue weighted by molar-refractivity contribution is -0.113. The summed E-state index contributed by atoms with van der Waals surface area (Å²) in [5, 5.41) is 2.72. The van der Waals surface area contributed by atoms with Gasteiger partial charge < -0.3 is 14.5 Å². The van der Waals surface area contributed by atoms with E-state index in [1.54, 1.807) is 24.3 Å². The number of hydrogen-bond donors (Lipinski definition) is 3. The average Bonchev–Trinajstić information content (AvgIpc) is 3.25. The Morgan fingerprint density at radius 2 is 1.83 bits per heavy atom. The van der Waals surface area contributed by atoms with E-state index in [1.807, 2.05) is 30.3 Å². The minimum atomic E-state index is -0.601. The standard InChI is InChI=1S/C21H17N3O5S/c25-19-12-30-18-9-6-13(10-16(18)22-19)20(26)23-24-21(27)17-8-7-15(29-17)11-28-14-4-2-1-3-5-14/h1-10H,11-12H2,(H,22,25)(H,23,26)(H,24,27). The highest BCUT2D eigenvalue weighted by Gasteiger charge is 2.18. The van der Waals surface area contributed by atoms with Gasteiger partial charge in [0.05, 0.1) is 11.4 Å². The van der Waals surface area contributed by atoms with Gasteiger partial charge in [0, 0.05) is 10.5 Å². The second-order valence-corrected chi connectivity index (χ2v) is 7.34. The molecule has 1 aromatic heterocycles. The zero-order valence-corrected chi connectivity index (χ0v) is 16.5. The molecule has 0 aliphatic carbocycles. The van der Waals surface area contributed by atoms with Crippen molar-refractivity contribution < 1.29 is 23.5 Å². The third kappa shape index (κ3) is 4.64. The fraction of sp³-hybridized carbons (Fsp3) is 0.0952. The van der Waals surface area contributed by atoms with Crippen molar-refractivity contribution in [1.29, 1.82) is 0 Å². The summed E-state index contributed by atoms with van der Waals surface area (Å²) in [6.45, 7) is 0.169. The highest BCUT2D eigenvalue weighted by atomic mass is 32.2. The van der Waals surface area contributed by atoms with Crippen molar-refractivity contribution in [2.75, 3.05) is 11.1 Å². The number of carbonyl (C=O) groups excluding carboxylic acids is 3. The monoisotopic (exact) mass is 423 g/mol. The maximum absolute atomic E-state index is 12.3. The number of fused-ring (bicyclic) bond motifs is 1. The van der Waals surface area contributed by atoms with Crippen molar-refractivity contribution in [3.05, 3.63) is 77.7 Å². The van der Waals surface area contributed by atoms with Crippen molar-refractivity contribution in [1.82, 2.24) is 10.9 Å². The Labute approximate surface area is 175 Å². The largest absolute Gasteiger partial charge is 0.486 e. The molecule has 0 fully saturated rings. The van der Waals surface area contributed by atoms with Crippen LogP contribution in [0.3, 0.4) is 0 Å². The molecular formula is C21H17N3O5S. The fourth-order valence-corrected chi connectivity index (χ4v) is 3.51. The van der Waals surface area contributed by atoms with Crippen LogP contribution in [0.2, 0.25) is 0 Å². The molecule has 2 heterocycles. The molecule has 8 nitrogen and oxygen atoms in total. The predicted molar refractivity (Wildman–Crippen MR) is 110 cm³/mol. The summed E-state index contributed by atoms with van der Waals surface area (Å²) in [5.41, 5.74) is 5.51. The molecule has 1 aliphatic rings. The summed E-state index contributed by atoms with van der Waals surface area (Å²) in [5.74, 6) is 0.298. The van der Waals surface area contributed by atoms with Crippen LogP contribution >= 0.6 is 11.8 Å². The molecule has 9 heteroatoms. The Morgan fingerprint density at radius 1 is 1.03 bits per heavy atom. The van der Waals surface area contributed by atoms with Gasteiger partial charge in [-0.1, -0.05) is 18.2 Å². The number of para-hydroxylation sites is 1. The summed E-state index contributed by atoms with van der Waals surface area (Å²) >= 11 is 1.40. The van der Waals surface area contributed by atoms with Crippen molar-refractivity contribution in [2.45, 2.75) is 11.5 Å². The first-order chi connectivity index (χ1) is 14.6. The van der Waals surface area contributed by atoms with E-state index < -0.39 is 11.8 Å². The molecule has 3 amide bonds. The topological polar surface area (TPSA) is 110 Å². The molecule has 0 saturated carbocycles. The van der Waals surface area contributed by atoms with E-state index in [2.05, 4.69) is 16.2 Å². The van der Waals surface area contributed by atoms with Gasteiger partial charge in [-0.15, -0.1) is 11.8 Å². The lowest BCUT2D eigenvalue weighted by atomic mass is 10.2. The minimum Gasteiger partial charge on any atom is -0.486 e. The van der Waals surface area contributed by atoms with E-state index in [9.17, 15) is 14.4 Å². The second kappa shape index (κ2) is 8.75. The van der Waals surface area contributed by atoms with E-state index in [0.717, 1.165) is 4.90 Å². The second-order valence-electron chi connectivity index (χ2n) is 6.32. The number of furan rings is 1. The Balaban J connectivity index is 1.31. The van der Waals surface area contributed by atoms with Crippen LogP contribution < -0.4 is 20.9 Å². The van der Waals surface area contributed by atoms with Gasteiger partial charge in [0.25, 0.3) is 5.91 Å². The number of nitrogens with one attached hydrogen (secondary N) is 3. The number of ether oxygens (including phenoxy) is 1. The van der Waals surface area contributed by atoms with E-state index in [4.69, 9.17) is 9.15 Å². The number of hydrogen-bond acceptors (Lipinski definition) is 6. The van der Waals surface area contributed by atoms with Crippen molar-refractivity contribution in [2.24, 2.45) is 0 Å². The molecule has 3 N–H and O–H groups in total. The molecule has 30 heavy (non-hydrogen) atoms. The molecule has 4 rings (SSSR count). The third-order valence-corrected chi connectivity index (χ3v) is 5.25. The Bertz CT molecular complexity index is 1100. The highest BCUT2D eigenvalue weighted by molar-refractivity contribution is 8.00. The van der Waals surface area contributed by atoms with Crippen LogP contribution in [0.1, 0.15) is 26.7 Å². The molecule has 152 valence electrons. The van der Waals surface area contributed by atoms with Gasteiger partial charge >= 0.3 is 5.91 Å². The van der Waals surface area contributed by atoms with Crippen molar-refractivity contribution >= 4 is 35.2 Å². The SMILES string of the molecule is O=C1CSc2ccc(C(=O)NNC(=O)c3ccc(COc4ccccc4)o3)cc2N1. The zero-order chi connectivity index (χ0) is 20.9. The quantitative estimate of drug-likeness (QED) is 0.545. The normalized spacial score (nSPS) is 12.5. The first kappa shape index (κ1) is 19.6. The smallest absolute Gasteiger partial charge is 0.305 e. The molecule has 0 bridgehead atoms. The zero-order valence-electron chi connectivity index (χ0n) is 15.6. The van der Waals surface area contributed by atoms with Crippen LogP contribution in [0.15, 0.2) is 70.0 Å². The lowest BCUT2D eigenvalue weighted by Crippen LogP contribution is -2.41. The lowest BCUT2D eigenvalue weighted by Gasteiger charge is -2.16. The van der Waals surface area contributed by atoms with Gasteiger partial charge in [0.2, 0.25) is 5.91 Å². The van der Waals surface area contributed by atoms with Gasteiger partial charge in [0.15, 0.2) is 5.76 Å². The van der Waals surface area contributed by atoms with Crippen LogP contribution in [-0.4, -0.2) is 23.5 Å². The van der Waals surface area contributed by atoms with Gasteiger partial charge in [-0.2, -0.15) is 0 Å². The summed E-state index contributed by atoms with van der Waals surface area (Å²) in [4.78, 5) is 36.9. The van der Waals surface area contributed by atoms with Crippen LogP contribution in [0, 0.1) is 0 Å². The summed E-state index contributed by atoms with van der Waals surface area (Å²) in [7, 11) is 0. The van der Waals surface area contributed by atoms with Gasteiger partial charge in [-0.25, -0.2) is 0 Å². The van der Waals surface area contributed by atoms with Gasteiger partial charge in [0.1, 0.15) is 18.1 Å². The maximum Gasteiger partial charge on any atom is 0.305 e.